The fraction of sp³-hybridized carbons (Fsp3) is 0.190. The summed E-state index contributed by atoms with van der Waals surface area (Å²) in [4.78, 5) is 9.33. The minimum Gasteiger partial charge on any atom is -0.454 e. The van der Waals surface area contributed by atoms with Crippen LogP contribution < -0.4 is 9.80 Å². The molecule has 2 aromatic heterocycles. The van der Waals surface area contributed by atoms with E-state index in [9.17, 15) is 0 Å². The molecule has 0 atom stereocenters. The van der Waals surface area contributed by atoms with Crippen LogP contribution in [0.2, 0.25) is 0 Å². The van der Waals surface area contributed by atoms with Gasteiger partial charge in [0.05, 0.1) is 18.0 Å². The summed E-state index contributed by atoms with van der Waals surface area (Å²) in [6, 6.07) is 18.7. The fourth-order valence-electron chi connectivity index (χ4n) is 3.80. The number of furan rings is 1. The molecule has 5 rings (SSSR count). The largest absolute Gasteiger partial charge is 0.454 e. The maximum atomic E-state index is 6.24. The highest BCUT2D eigenvalue weighted by molar-refractivity contribution is 6.17. The van der Waals surface area contributed by atoms with Gasteiger partial charge in [-0.1, -0.05) is 30.3 Å². The van der Waals surface area contributed by atoms with Gasteiger partial charge in [-0.15, -0.1) is 0 Å². The summed E-state index contributed by atoms with van der Waals surface area (Å²) in [7, 11) is 2.23. The van der Waals surface area contributed by atoms with Crippen molar-refractivity contribution in [1.29, 1.82) is 0 Å². The third kappa shape index (κ3) is 2.13. The molecule has 1 aliphatic heterocycles. The van der Waals surface area contributed by atoms with Gasteiger partial charge in [0, 0.05) is 22.4 Å². The maximum Gasteiger partial charge on any atom is 0.159 e. The van der Waals surface area contributed by atoms with Crippen LogP contribution in [0.3, 0.4) is 0 Å². The quantitative estimate of drug-likeness (QED) is 0.510. The van der Waals surface area contributed by atoms with Crippen LogP contribution in [0, 0.1) is 0 Å². The van der Waals surface area contributed by atoms with Gasteiger partial charge in [0.2, 0.25) is 0 Å². The summed E-state index contributed by atoms with van der Waals surface area (Å²) in [6.07, 6.45) is 1.86. The SMILES string of the molecule is BC(C)(C)N1CN(c2cccc3c2oc2ccccc23)c2ncccc21. The number of rotatable bonds is 2. The Morgan fingerprint density at radius 2 is 1.73 bits per heavy atom. The maximum absolute atomic E-state index is 6.24. The number of hydrogen-bond acceptors (Lipinski definition) is 4. The molecule has 0 saturated carbocycles. The average molecular weight is 341 g/mol. The summed E-state index contributed by atoms with van der Waals surface area (Å²) in [5, 5.41) is 2.29. The van der Waals surface area contributed by atoms with Crippen molar-refractivity contribution in [2.75, 3.05) is 16.5 Å². The second-order valence-electron chi connectivity index (χ2n) is 7.77. The lowest BCUT2D eigenvalue weighted by atomic mass is 9.80. The minimum atomic E-state index is 0.00824. The van der Waals surface area contributed by atoms with Gasteiger partial charge in [-0.3, -0.25) is 0 Å². The standard InChI is InChI=1S/C21H20BN3O/c1-21(2,22)25-13-24(20-17(25)10-6-12-23-20)16-9-5-8-15-14-7-3-4-11-18(14)26-19(15)16/h3-12H,13,22H2,1-2H3. The van der Waals surface area contributed by atoms with Crippen LogP contribution in [0.1, 0.15) is 13.8 Å². The summed E-state index contributed by atoms with van der Waals surface area (Å²) in [6.45, 7) is 5.22. The first kappa shape index (κ1) is 15.3. The van der Waals surface area contributed by atoms with E-state index in [1.165, 1.54) is 0 Å². The number of hydrogen-bond donors (Lipinski definition) is 0. The topological polar surface area (TPSA) is 32.5 Å². The Labute approximate surface area is 153 Å². The van der Waals surface area contributed by atoms with Crippen molar-refractivity contribution < 1.29 is 4.42 Å². The molecule has 0 spiro atoms. The van der Waals surface area contributed by atoms with Gasteiger partial charge in [-0.05, 0) is 38.1 Å². The fourth-order valence-corrected chi connectivity index (χ4v) is 3.80. The van der Waals surface area contributed by atoms with Gasteiger partial charge in [-0.2, -0.15) is 0 Å². The number of aromatic nitrogens is 1. The third-order valence-electron chi connectivity index (χ3n) is 5.08. The molecule has 0 fully saturated rings. The molecule has 4 nitrogen and oxygen atoms in total. The van der Waals surface area contributed by atoms with Gasteiger partial charge < -0.3 is 14.2 Å². The van der Waals surface area contributed by atoms with Gasteiger partial charge in [0.25, 0.3) is 0 Å². The van der Waals surface area contributed by atoms with Crippen LogP contribution in [0.4, 0.5) is 17.2 Å². The van der Waals surface area contributed by atoms with Crippen LogP contribution in [0.5, 0.6) is 0 Å². The molecule has 26 heavy (non-hydrogen) atoms. The van der Waals surface area contributed by atoms with E-state index in [1.54, 1.807) is 0 Å². The van der Waals surface area contributed by atoms with Crippen LogP contribution in [0.25, 0.3) is 21.9 Å². The molecule has 0 aliphatic carbocycles. The summed E-state index contributed by atoms with van der Waals surface area (Å²) in [5.41, 5.74) is 4.07. The van der Waals surface area contributed by atoms with Crippen LogP contribution in [-0.2, 0) is 0 Å². The highest BCUT2D eigenvalue weighted by Crippen LogP contribution is 2.44. The molecule has 0 bridgehead atoms. The van der Waals surface area contributed by atoms with E-state index < -0.39 is 0 Å². The minimum absolute atomic E-state index is 0.00824. The van der Waals surface area contributed by atoms with Crippen molar-refractivity contribution in [1.82, 2.24) is 4.98 Å². The number of pyridine rings is 1. The normalized spacial score (nSPS) is 14.4. The number of anilines is 3. The molecule has 3 heterocycles. The molecule has 0 unspecified atom stereocenters. The molecule has 1 aliphatic rings. The lowest BCUT2D eigenvalue weighted by Gasteiger charge is -2.34. The van der Waals surface area contributed by atoms with Crippen molar-refractivity contribution in [2.24, 2.45) is 0 Å². The molecule has 0 N–H and O–H groups in total. The monoisotopic (exact) mass is 341 g/mol. The molecule has 0 radical (unpaired) electrons. The first-order valence-corrected chi connectivity index (χ1v) is 8.94. The molecule has 128 valence electrons. The van der Waals surface area contributed by atoms with Gasteiger partial charge in [-0.25, -0.2) is 4.98 Å². The van der Waals surface area contributed by atoms with E-state index in [2.05, 4.69) is 72.9 Å². The summed E-state index contributed by atoms with van der Waals surface area (Å²) >= 11 is 0. The van der Waals surface area contributed by atoms with Gasteiger partial charge >= 0.3 is 0 Å². The number of benzene rings is 2. The van der Waals surface area contributed by atoms with Crippen molar-refractivity contribution in [2.45, 2.75) is 19.3 Å². The Hall–Kier alpha value is -2.95. The van der Waals surface area contributed by atoms with E-state index in [-0.39, 0.29) is 5.44 Å². The van der Waals surface area contributed by atoms with E-state index in [0.29, 0.717) is 0 Å². The molecule has 0 saturated heterocycles. The Morgan fingerprint density at radius 3 is 2.58 bits per heavy atom. The summed E-state index contributed by atoms with van der Waals surface area (Å²) in [5.74, 6) is 0.982. The molecular formula is C21H20BN3O. The molecule has 4 aromatic rings. The van der Waals surface area contributed by atoms with Gasteiger partial charge in [0.15, 0.2) is 11.4 Å². The molecular weight excluding hydrogens is 321 g/mol. The van der Waals surface area contributed by atoms with Crippen LogP contribution >= 0.6 is 0 Å². The van der Waals surface area contributed by atoms with E-state index in [4.69, 9.17) is 4.42 Å². The molecule has 5 heteroatoms. The van der Waals surface area contributed by atoms with Crippen LogP contribution in [-0.4, -0.2) is 24.9 Å². The first-order chi connectivity index (χ1) is 12.5. The smallest absolute Gasteiger partial charge is 0.159 e. The number of nitrogens with zero attached hydrogens (tertiary/aromatic N) is 3. The second-order valence-corrected chi connectivity index (χ2v) is 7.77. The Kier molecular flexibility index (Phi) is 3.11. The first-order valence-electron chi connectivity index (χ1n) is 8.94. The Morgan fingerprint density at radius 1 is 0.962 bits per heavy atom. The third-order valence-corrected chi connectivity index (χ3v) is 5.08. The van der Waals surface area contributed by atoms with E-state index >= 15 is 0 Å². The zero-order chi connectivity index (χ0) is 17.9. The Balaban J connectivity index is 1.74. The zero-order valence-corrected chi connectivity index (χ0v) is 15.2. The predicted octanol–water partition coefficient (Wildman–Crippen LogP) is 4.27. The van der Waals surface area contributed by atoms with E-state index in [1.807, 2.05) is 24.4 Å². The average Bonchev–Trinajstić information content (AvgIpc) is 3.20. The van der Waals surface area contributed by atoms with Crippen molar-refractivity contribution >= 4 is 47.0 Å². The lowest BCUT2D eigenvalue weighted by Crippen LogP contribution is -2.45. The van der Waals surface area contributed by atoms with Crippen molar-refractivity contribution in [3.8, 4) is 0 Å². The van der Waals surface area contributed by atoms with Crippen LogP contribution in [0.15, 0.2) is 65.2 Å². The number of para-hydroxylation sites is 2. The zero-order valence-electron chi connectivity index (χ0n) is 15.2. The highest BCUT2D eigenvalue weighted by Gasteiger charge is 2.35. The number of fused-ring (bicyclic) bond motifs is 4. The van der Waals surface area contributed by atoms with Crippen molar-refractivity contribution in [3.63, 3.8) is 0 Å². The van der Waals surface area contributed by atoms with Gasteiger partial charge in [0.1, 0.15) is 13.4 Å². The highest BCUT2D eigenvalue weighted by atomic mass is 16.3. The second kappa shape index (κ2) is 5.27. The van der Waals surface area contributed by atoms with Crippen molar-refractivity contribution in [3.05, 3.63) is 60.8 Å². The molecule has 0 amide bonds. The lowest BCUT2D eigenvalue weighted by molar-refractivity contribution is 0.638. The van der Waals surface area contributed by atoms with E-state index in [0.717, 1.165) is 45.8 Å². The predicted molar refractivity (Wildman–Crippen MR) is 110 cm³/mol. The summed E-state index contributed by atoms with van der Waals surface area (Å²) < 4.78 is 6.24. The Bertz CT molecular complexity index is 1130. The molecule has 2 aromatic carbocycles.